The molecule has 0 radical (unpaired) electrons. The zero-order chi connectivity index (χ0) is 12.0. The van der Waals surface area contributed by atoms with Crippen molar-refractivity contribution in [1.82, 2.24) is 5.32 Å². The summed E-state index contributed by atoms with van der Waals surface area (Å²) >= 11 is 1.83. The Morgan fingerprint density at radius 3 is 2.62 bits per heavy atom. The van der Waals surface area contributed by atoms with E-state index in [1.54, 1.807) is 7.11 Å². The first kappa shape index (κ1) is 13.7. The highest BCUT2D eigenvalue weighted by atomic mass is 32.1. The smallest absolute Gasteiger partial charge is 0.0618 e. The number of nitrogens with one attached hydrogen (secondary N) is 1. The number of thiophene rings is 1. The molecule has 1 aromatic rings. The van der Waals surface area contributed by atoms with Crippen LogP contribution in [-0.2, 0) is 11.2 Å². The quantitative estimate of drug-likeness (QED) is 0.792. The highest BCUT2D eigenvalue weighted by Gasteiger charge is 2.15. The molecule has 2 nitrogen and oxygen atoms in total. The molecule has 16 heavy (non-hydrogen) atoms. The van der Waals surface area contributed by atoms with Gasteiger partial charge in [-0.25, -0.2) is 0 Å². The molecule has 0 aliphatic heterocycles. The van der Waals surface area contributed by atoms with Crippen LogP contribution in [0.5, 0.6) is 0 Å². The maximum atomic E-state index is 5.24. The van der Waals surface area contributed by atoms with Crippen LogP contribution >= 0.6 is 11.3 Å². The summed E-state index contributed by atoms with van der Waals surface area (Å²) in [7, 11) is 1.76. The molecule has 0 amide bonds. The van der Waals surface area contributed by atoms with E-state index in [0.29, 0.717) is 18.0 Å². The third-order valence-corrected chi connectivity index (χ3v) is 3.64. The van der Waals surface area contributed by atoms with Crippen LogP contribution in [0.15, 0.2) is 17.5 Å². The van der Waals surface area contributed by atoms with Gasteiger partial charge in [0.1, 0.15) is 0 Å². The lowest BCUT2D eigenvalue weighted by molar-refractivity contribution is 0.141. The zero-order valence-corrected chi connectivity index (χ0v) is 11.5. The van der Waals surface area contributed by atoms with Crippen LogP contribution < -0.4 is 5.32 Å². The van der Waals surface area contributed by atoms with Crippen molar-refractivity contribution in [3.05, 3.63) is 22.4 Å². The summed E-state index contributed by atoms with van der Waals surface area (Å²) in [6, 6.07) is 5.26. The van der Waals surface area contributed by atoms with Crippen molar-refractivity contribution >= 4 is 11.3 Å². The molecule has 0 saturated heterocycles. The molecule has 92 valence electrons. The second kappa shape index (κ2) is 7.05. The molecule has 1 rings (SSSR count). The van der Waals surface area contributed by atoms with Gasteiger partial charge in [0.2, 0.25) is 0 Å². The molecule has 0 aliphatic carbocycles. The van der Waals surface area contributed by atoms with E-state index >= 15 is 0 Å². The summed E-state index contributed by atoms with van der Waals surface area (Å²) in [5.41, 5.74) is 0. The van der Waals surface area contributed by atoms with Gasteiger partial charge in [0, 0.05) is 24.1 Å². The number of methoxy groups -OCH3 is 1. The fourth-order valence-electron chi connectivity index (χ4n) is 1.77. The van der Waals surface area contributed by atoms with Crippen LogP contribution in [0.3, 0.4) is 0 Å². The highest BCUT2D eigenvalue weighted by molar-refractivity contribution is 7.09. The normalized spacial score (nSPS) is 15.3. The molecule has 1 heterocycles. The Hall–Kier alpha value is -0.380. The number of rotatable bonds is 7. The zero-order valence-electron chi connectivity index (χ0n) is 10.7. The molecule has 0 fully saturated rings. The van der Waals surface area contributed by atoms with Crippen LogP contribution in [0.25, 0.3) is 0 Å². The highest BCUT2D eigenvalue weighted by Crippen LogP contribution is 2.12. The van der Waals surface area contributed by atoms with E-state index in [0.717, 1.165) is 13.0 Å². The fraction of sp³-hybridized carbons (Fsp3) is 0.692. The Morgan fingerprint density at radius 2 is 2.12 bits per heavy atom. The lowest BCUT2D eigenvalue weighted by Gasteiger charge is -2.25. The van der Waals surface area contributed by atoms with Crippen molar-refractivity contribution in [3.63, 3.8) is 0 Å². The van der Waals surface area contributed by atoms with Gasteiger partial charge in [-0.05, 0) is 30.7 Å². The molecule has 3 heteroatoms. The second-order valence-corrected chi connectivity index (χ2v) is 5.69. The average molecular weight is 241 g/mol. The Labute approximate surface area is 103 Å². The van der Waals surface area contributed by atoms with Gasteiger partial charge in [-0.15, -0.1) is 11.3 Å². The van der Waals surface area contributed by atoms with E-state index in [2.05, 4.69) is 43.6 Å². The Balaban J connectivity index is 2.39. The minimum absolute atomic E-state index is 0.444. The molecule has 0 aromatic carbocycles. The second-order valence-electron chi connectivity index (χ2n) is 4.66. The molecule has 0 saturated carbocycles. The first-order chi connectivity index (χ1) is 7.63. The van der Waals surface area contributed by atoms with Gasteiger partial charge >= 0.3 is 0 Å². The lowest BCUT2D eigenvalue weighted by Crippen LogP contribution is -2.43. The summed E-state index contributed by atoms with van der Waals surface area (Å²) in [6.45, 7) is 7.49. The molecular weight excluding hydrogens is 218 g/mol. The molecule has 0 spiro atoms. The van der Waals surface area contributed by atoms with E-state index in [9.17, 15) is 0 Å². The van der Waals surface area contributed by atoms with Crippen molar-refractivity contribution in [3.8, 4) is 0 Å². The number of ether oxygens (including phenoxy) is 1. The minimum atomic E-state index is 0.444. The van der Waals surface area contributed by atoms with Gasteiger partial charge in [-0.2, -0.15) is 0 Å². The van der Waals surface area contributed by atoms with Crippen LogP contribution in [0.1, 0.15) is 25.6 Å². The topological polar surface area (TPSA) is 21.3 Å². The monoisotopic (exact) mass is 241 g/mol. The van der Waals surface area contributed by atoms with Gasteiger partial charge in [-0.1, -0.05) is 19.9 Å². The summed E-state index contributed by atoms with van der Waals surface area (Å²) < 4.78 is 5.24. The molecule has 0 aliphatic rings. The molecule has 1 N–H and O–H groups in total. The van der Waals surface area contributed by atoms with Crippen LogP contribution in [-0.4, -0.2) is 25.8 Å². The Bertz CT molecular complexity index is 271. The van der Waals surface area contributed by atoms with Crippen molar-refractivity contribution in [2.24, 2.45) is 5.92 Å². The number of hydrogen-bond acceptors (Lipinski definition) is 3. The van der Waals surface area contributed by atoms with E-state index in [4.69, 9.17) is 4.74 Å². The molecule has 2 atom stereocenters. The lowest BCUT2D eigenvalue weighted by atomic mass is 10.0. The predicted octanol–water partition coefficient (Wildman–Crippen LogP) is 2.94. The fourth-order valence-corrected chi connectivity index (χ4v) is 2.60. The summed E-state index contributed by atoms with van der Waals surface area (Å²) in [5.74, 6) is 0.603. The summed E-state index contributed by atoms with van der Waals surface area (Å²) in [4.78, 5) is 1.44. The van der Waals surface area contributed by atoms with Gasteiger partial charge in [-0.3, -0.25) is 0 Å². The maximum Gasteiger partial charge on any atom is 0.0618 e. The summed E-state index contributed by atoms with van der Waals surface area (Å²) in [6.07, 6.45) is 1.10. The van der Waals surface area contributed by atoms with E-state index < -0.39 is 0 Å². The standard InChI is InChI=1S/C13H23NOS/c1-10(2)13(9-15-4)14-11(3)8-12-6-5-7-16-12/h5-7,10-11,13-14H,8-9H2,1-4H3. The molecule has 1 aromatic heterocycles. The van der Waals surface area contributed by atoms with Gasteiger partial charge in [0.05, 0.1) is 6.61 Å². The van der Waals surface area contributed by atoms with Crippen LogP contribution in [0.4, 0.5) is 0 Å². The van der Waals surface area contributed by atoms with E-state index in [1.807, 2.05) is 11.3 Å². The molecule has 2 unspecified atom stereocenters. The first-order valence-electron chi connectivity index (χ1n) is 5.90. The Morgan fingerprint density at radius 1 is 1.38 bits per heavy atom. The van der Waals surface area contributed by atoms with Crippen molar-refractivity contribution < 1.29 is 4.74 Å². The minimum Gasteiger partial charge on any atom is -0.383 e. The van der Waals surface area contributed by atoms with Crippen LogP contribution in [0, 0.1) is 5.92 Å². The van der Waals surface area contributed by atoms with Gasteiger partial charge in [0.15, 0.2) is 0 Å². The SMILES string of the molecule is COCC(NC(C)Cc1cccs1)C(C)C. The summed E-state index contributed by atoms with van der Waals surface area (Å²) in [5, 5.41) is 5.77. The largest absolute Gasteiger partial charge is 0.383 e. The van der Waals surface area contributed by atoms with Crippen LogP contribution in [0.2, 0.25) is 0 Å². The van der Waals surface area contributed by atoms with Crippen molar-refractivity contribution in [2.75, 3.05) is 13.7 Å². The molecular formula is C13H23NOS. The van der Waals surface area contributed by atoms with Gasteiger partial charge in [0.25, 0.3) is 0 Å². The van der Waals surface area contributed by atoms with E-state index in [1.165, 1.54) is 4.88 Å². The first-order valence-corrected chi connectivity index (χ1v) is 6.78. The predicted molar refractivity (Wildman–Crippen MR) is 71.1 cm³/mol. The molecule has 0 bridgehead atoms. The van der Waals surface area contributed by atoms with Crippen molar-refractivity contribution in [2.45, 2.75) is 39.3 Å². The van der Waals surface area contributed by atoms with Crippen molar-refractivity contribution in [1.29, 1.82) is 0 Å². The number of hydrogen-bond donors (Lipinski definition) is 1. The van der Waals surface area contributed by atoms with Gasteiger partial charge < -0.3 is 10.1 Å². The van der Waals surface area contributed by atoms with E-state index in [-0.39, 0.29) is 0 Å². The maximum absolute atomic E-state index is 5.24. The third kappa shape index (κ3) is 4.64. The third-order valence-electron chi connectivity index (χ3n) is 2.74. The average Bonchev–Trinajstić information content (AvgIpc) is 2.69. The Kier molecular flexibility index (Phi) is 6.03.